The van der Waals surface area contributed by atoms with Crippen LogP contribution in [0, 0.1) is 3.57 Å². The Morgan fingerprint density at radius 2 is 2.36 bits per heavy atom. The van der Waals surface area contributed by atoms with E-state index >= 15 is 0 Å². The van der Waals surface area contributed by atoms with Crippen molar-refractivity contribution in [3.63, 3.8) is 0 Å². The van der Waals surface area contributed by atoms with E-state index in [0.717, 1.165) is 22.2 Å². The molecule has 14 heavy (non-hydrogen) atoms. The highest BCUT2D eigenvalue weighted by Gasteiger charge is 2.36. The summed E-state index contributed by atoms with van der Waals surface area (Å²) in [5.74, 6) is 0.654. The molecule has 1 aromatic heterocycles. The van der Waals surface area contributed by atoms with Gasteiger partial charge in [-0.2, -0.15) is 0 Å². The van der Waals surface area contributed by atoms with Gasteiger partial charge in [-0.05, 0) is 29.5 Å². The van der Waals surface area contributed by atoms with Crippen LogP contribution in [0.15, 0.2) is 12.3 Å². The van der Waals surface area contributed by atoms with Crippen molar-refractivity contribution in [3.05, 3.63) is 21.4 Å². The summed E-state index contributed by atoms with van der Waals surface area (Å²) in [5.41, 5.74) is 1.03. The highest BCUT2D eigenvalue weighted by Crippen LogP contribution is 2.39. The van der Waals surface area contributed by atoms with Gasteiger partial charge in [-0.25, -0.2) is 4.98 Å². The number of ether oxygens (including phenoxy) is 2. The normalized spacial score (nSPS) is 25.6. The van der Waals surface area contributed by atoms with E-state index in [0.29, 0.717) is 5.88 Å². The van der Waals surface area contributed by atoms with Gasteiger partial charge in [0.15, 0.2) is 0 Å². The molecule has 0 radical (unpaired) electrons. The lowest BCUT2D eigenvalue weighted by molar-refractivity contribution is -0.141. The summed E-state index contributed by atoms with van der Waals surface area (Å²) >= 11 is 2.29. The molecule has 1 saturated heterocycles. The lowest BCUT2D eigenvalue weighted by atomic mass is 9.90. The average Bonchev–Trinajstić information content (AvgIpc) is 2.14. The second kappa shape index (κ2) is 3.66. The van der Waals surface area contributed by atoms with Crippen molar-refractivity contribution in [3.8, 4) is 5.88 Å². The Morgan fingerprint density at radius 1 is 1.64 bits per heavy atom. The summed E-state index contributed by atoms with van der Waals surface area (Å²) in [6, 6.07) is 1.93. The third-order valence-electron chi connectivity index (χ3n) is 2.61. The number of pyridine rings is 1. The van der Waals surface area contributed by atoms with Gasteiger partial charge in [0.1, 0.15) is 0 Å². The van der Waals surface area contributed by atoms with Gasteiger partial charge < -0.3 is 9.47 Å². The van der Waals surface area contributed by atoms with Crippen LogP contribution in [0.2, 0.25) is 0 Å². The second-order valence-corrected chi connectivity index (χ2v) is 4.70. The molecule has 0 aliphatic carbocycles. The van der Waals surface area contributed by atoms with E-state index in [-0.39, 0.29) is 5.60 Å². The molecule has 1 fully saturated rings. The molecule has 0 saturated carbocycles. The van der Waals surface area contributed by atoms with Gasteiger partial charge in [0.2, 0.25) is 5.88 Å². The van der Waals surface area contributed by atoms with Crippen LogP contribution in [-0.2, 0) is 10.3 Å². The van der Waals surface area contributed by atoms with E-state index in [2.05, 4.69) is 34.5 Å². The largest absolute Gasteiger partial charge is 0.481 e. The maximum atomic E-state index is 5.57. The topological polar surface area (TPSA) is 31.4 Å². The molecule has 2 rings (SSSR count). The van der Waals surface area contributed by atoms with Crippen LogP contribution < -0.4 is 4.74 Å². The first-order chi connectivity index (χ1) is 6.65. The molecule has 0 bridgehead atoms. The van der Waals surface area contributed by atoms with Gasteiger partial charge in [0, 0.05) is 27.8 Å². The van der Waals surface area contributed by atoms with Crippen molar-refractivity contribution in [2.24, 2.45) is 0 Å². The number of hydrogen-bond donors (Lipinski definition) is 0. The van der Waals surface area contributed by atoms with Crippen LogP contribution in [-0.4, -0.2) is 18.7 Å². The maximum absolute atomic E-state index is 5.57. The fourth-order valence-corrected chi connectivity index (χ4v) is 2.51. The Bertz CT molecular complexity index is 350. The van der Waals surface area contributed by atoms with E-state index in [9.17, 15) is 0 Å². The standard InChI is InChI=1S/C10H12INO2/c1-10(3-4-14-10)7-6-12-9(13-2)5-8(7)11/h5-6H,3-4H2,1-2H3. The summed E-state index contributed by atoms with van der Waals surface area (Å²) in [5, 5.41) is 0. The van der Waals surface area contributed by atoms with Gasteiger partial charge in [-0.15, -0.1) is 0 Å². The first kappa shape index (κ1) is 10.2. The highest BCUT2D eigenvalue weighted by atomic mass is 127. The van der Waals surface area contributed by atoms with Gasteiger partial charge in [0.25, 0.3) is 0 Å². The smallest absolute Gasteiger partial charge is 0.213 e. The molecule has 1 unspecified atom stereocenters. The second-order valence-electron chi connectivity index (χ2n) is 3.54. The first-order valence-corrected chi connectivity index (χ1v) is 5.57. The van der Waals surface area contributed by atoms with Crippen LogP contribution in [0.1, 0.15) is 18.9 Å². The number of aromatic nitrogens is 1. The SMILES string of the molecule is COc1cc(I)c(C2(C)CCO2)cn1. The zero-order valence-electron chi connectivity index (χ0n) is 8.21. The molecular formula is C10H12INO2. The third-order valence-corrected chi connectivity index (χ3v) is 3.50. The highest BCUT2D eigenvalue weighted by molar-refractivity contribution is 14.1. The summed E-state index contributed by atoms with van der Waals surface area (Å²) in [6.07, 6.45) is 2.91. The molecule has 0 aromatic carbocycles. The monoisotopic (exact) mass is 305 g/mol. The fourth-order valence-electron chi connectivity index (χ4n) is 1.53. The lowest BCUT2D eigenvalue weighted by Crippen LogP contribution is -2.38. The molecule has 1 atom stereocenters. The van der Waals surface area contributed by atoms with E-state index < -0.39 is 0 Å². The molecule has 0 amide bonds. The molecule has 4 heteroatoms. The first-order valence-electron chi connectivity index (χ1n) is 4.50. The number of halogens is 1. The minimum absolute atomic E-state index is 0.129. The number of hydrogen-bond acceptors (Lipinski definition) is 3. The molecule has 1 aliphatic heterocycles. The Hall–Kier alpha value is -0.360. The fraction of sp³-hybridized carbons (Fsp3) is 0.500. The summed E-state index contributed by atoms with van der Waals surface area (Å²) in [7, 11) is 1.62. The zero-order chi connectivity index (χ0) is 10.2. The van der Waals surface area contributed by atoms with Gasteiger partial charge in [0.05, 0.1) is 19.3 Å². The number of nitrogens with zero attached hydrogens (tertiary/aromatic N) is 1. The number of rotatable bonds is 2. The summed E-state index contributed by atoms with van der Waals surface area (Å²) in [6.45, 7) is 2.95. The van der Waals surface area contributed by atoms with Crippen molar-refractivity contribution in [2.45, 2.75) is 18.9 Å². The van der Waals surface area contributed by atoms with E-state index in [1.54, 1.807) is 7.11 Å². The Labute approximate surface area is 97.0 Å². The third kappa shape index (κ3) is 1.61. The van der Waals surface area contributed by atoms with Gasteiger partial charge >= 0.3 is 0 Å². The molecule has 3 nitrogen and oxygen atoms in total. The van der Waals surface area contributed by atoms with Crippen LogP contribution in [0.4, 0.5) is 0 Å². The van der Waals surface area contributed by atoms with Gasteiger partial charge in [-0.1, -0.05) is 0 Å². The molecule has 0 N–H and O–H groups in total. The van der Waals surface area contributed by atoms with Crippen molar-refractivity contribution < 1.29 is 9.47 Å². The van der Waals surface area contributed by atoms with Crippen LogP contribution >= 0.6 is 22.6 Å². The van der Waals surface area contributed by atoms with Crippen molar-refractivity contribution >= 4 is 22.6 Å². The average molecular weight is 305 g/mol. The van der Waals surface area contributed by atoms with E-state index in [1.165, 1.54) is 0 Å². The molecule has 1 aromatic rings. The van der Waals surface area contributed by atoms with Crippen LogP contribution in [0.25, 0.3) is 0 Å². The Kier molecular flexibility index (Phi) is 2.66. The minimum atomic E-state index is -0.129. The van der Waals surface area contributed by atoms with E-state index in [1.807, 2.05) is 12.3 Å². The maximum Gasteiger partial charge on any atom is 0.213 e. The molecule has 2 heterocycles. The quantitative estimate of drug-likeness (QED) is 0.786. The number of methoxy groups -OCH3 is 1. The van der Waals surface area contributed by atoms with Gasteiger partial charge in [-0.3, -0.25) is 0 Å². The van der Waals surface area contributed by atoms with Crippen LogP contribution in [0.3, 0.4) is 0 Å². The summed E-state index contributed by atoms with van der Waals surface area (Å²) < 4.78 is 11.8. The van der Waals surface area contributed by atoms with Crippen LogP contribution in [0.5, 0.6) is 5.88 Å². The molecular weight excluding hydrogens is 293 g/mol. The minimum Gasteiger partial charge on any atom is -0.481 e. The predicted molar refractivity (Wildman–Crippen MR) is 61.4 cm³/mol. The zero-order valence-corrected chi connectivity index (χ0v) is 10.4. The molecule has 1 aliphatic rings. The van der Waals surface area contributed by atoms with Crippen molar-refractivity contribution in [1.82, 2.24) is 4.98 Å². The Balaban J connectivity index is 2.35. The van der Waals surface area contributed by atoms with Crippen molar-refractivity contribution in [2.75, 3.05) is 13.7 Å². The van der Waals surface area contributed by atoms with E-state index in [4.69, 9.17) is 9.47 Å². The predicted octanol–water partition coefficient (Wildman–Crippen LogP) is 2.33. The molecule has 0 spiro atoms. The molecule has 76 valence electrons. The Morgan fingerprint density at radius 3 is 2.79 bits per heavy atom. The van der Waals surface area contributed by atoms with Crippen molar-refractivity contribution in [1.29, 1.82) is 0 Å². The summed E-state index contributed by atoms with van der Waals surface area (Å²) in [4.78, 5) is 4.20. The lowest BCUT2D eigenvalue weighted by Gasteiger charge is -2.39.